The van der Waals surface area contributed by atoms with Crippen LogP contribution in [0.4, 0.5) is 0 Å². The fourth-order valence-corrected chi connectivity index (χ4v) is 2.75. The van der Waals surface area contributed by atoms with E-state index >= 15 is 0 Å². The van der Waals surface area contributed by atoms with Crippen LogP contribution in [0.25, 0.3) is 0 Å². The zero-order chi connectivity index (χ0) is 20.8. The first-order valence-electron chi connectivity index (χ1n) is 8.69. The molecule has 0 saturated carbocycles. The number of hydrogen-bond acceptors (Lipinski definition) is 4. The summed E-state index contributed by atoms with van der Waals surface area (Å²) in [6, 6.07) is 9.12. The number of nitrogens with zero attached hydrogens (tertiary/aromatic N) is 1. The molecular formula is C20H22N2O6. The van der Waals surface area contributed by atoms with Crippen molar-refractivity contribution in [3.63, 3.8) is 0 Å². The molecule has 0 spiro atoms. The number of aromatic nitrogens is 1. The van der Waals surface area contributed by atoms with Gasteiger partial charge in [-0.3, -0.25) is 14.4 Å². The molecule has 0 fully saturated rings. The number of carboxylic acid groups (broad SMARTS) is 2. The fraction of sp³-hybridized carbons (Fsp3) is 0.300. The van der Waals surface area contributed by atoms with Crippen LogP contribution in [0, 0.1) is 6.92 Å². The van der Waals surface area contributed by atoms with Gasteiger partial charge in [-0.25, -0.2) is 4.79 Å². The summed E-state index contributed by atoms with van der Waals surface area (Å²) in [6.45, 7) is 1.92. The Morgan fingerprint density at radius 1 is 1.04 bits per heavy atom. The predicted molar refractivity (Wildman–Crippen MR) is 100 cm³/mol. The van der Waals surface area contributed by atoms with Crippen LogP contribution in [0.15, 0.2) is 36.4 Å². The van der Waals surface area contributed by atoms with Crippen molar-refractivity contribution in [2.45, 2.75) is 32.2 Å². The van der Waals surface area contributed by atoms with Gasteiger partial charge in [0.25, 0.3) is 0 Å². The van der Waals surface area contributed by atoms with Crippen molar-refractivity contribution in [1.82, 2.24) is 9.88 Å². The van der Waals surface area contributed by atoms with Gasteiger partial charge in [-0.15, -0.1) is 0 Å². The quantitative estimate of drug-likeness (QED) is 0.561. The highest BCUT2D eigenvalue weighted by molar-refractivity contribution is 6.08. The van der Waals surface area contributed by atoms with Crippen LogP contribution in [0.2, 0.25) is 0 Å². The van der Waals surface area contributed by atoms with E-state index in [1.807, 2.05) is 19.1 Å². The van der Waals surface area contributed by atoms with Crippen molar-refractivity contribution in [1.29, 1.82) is 0 Å². The summed E-state index contributed by atoms with van der Waals surface area (Å²) >= 11 is 0. The van der Waals surface area contributed by atoms with E-state index in [0.29, 0.717) is 17.0 Å². The van der Waals surface area contributed by atoms with Gasteiger partial charge in [0, 0.05) is 24.7 Å². The largest absolute Gasteiger partial charge is 0.481 e. The standard InChI is InChI=1S/C20H22N2O6/c1-12-3-5-13(6-4-12)19(26)16-9-7-14(22(16)2)11-17(23)21-15(20(27)28)8-10-18(24)25/h3-7,9,15H,8,10-11H2,1-2H3,(H,21,23)(H,24,25)(H,27,28)/t15-/m0/s1. The molecule has 0 aliphatic rings. The zero-order valence-corrected chi connectivity index (χ0v) is 15.6. The molecule has 0 unspecified atom stereocenters. The molecule has 1 amide bonds. The lowest BCUT2D eigenvalue weighted by molar-refractivity contribution is -0.143. The molecule has 0 aliphatic heterocycles. The number of ketones is 1. The second-order valence-corrected chi connectivity index (χ2v) is 6.53. The Balaban J connectivity index is 2.07. The number of carbonyl (C=O) groups excluding carboxylic acids is 2. The first kappa shape index (κ1) is 20.9. The third-order valence-electron chi connectivity index (χ3n) is 4.39. The molecule has 0 bridgehead atoms. The summed E-state index contributed by atoms with van der Waals surface area (Å²) in [5.41, 5.74) is 2.52. The van der Waals surface area contributed by atoms with E-state index in [1.165, 1.54) is 0 Å². The average molecular weight is 386 g/mol. The van der Waals surface area contributed by atoms with Gasteiger partial charge in [-0.1, -0.05) is 29.8 Å². The topological polar surface area (TPSA) is 126 Å². The average Bonchev–Trinajstić information content (AvgIpc) is 2.98. The predicted octanol–water partition coefficient (Wildman–Crippen LogP) is 1.54. The number of nitrogens with one attached hydrogen (secondary N) is 1. The number of amides is 1. The summed E-state index contributed by atoms with van der Waals surface area (Å²) in [6.07, 6.45) is -0.703. The van der Waals surface area contributed by atoms with Gasteiger partial charge in [0.15, 0.2) is 0 Å². The van der Waals surface area contributed by atoms with Crippen LogP contribution in [0.1, 0.15) is 40.2 Å². The second-order valence-electron chi connectivity index (χ2n) is 6.53. The summed E-state index contributed by atoms with van der Waals surface area (Å²) in [5, 5.41) is 20.1. The maximum atomic E-state index is 12.6. The maximum Gasteiger partial charge on any atom is 0.326 e. The number of carboxylic acids is 2. The van der Waals surface area contributed by atoms with E-state index in [1.54, 1.807) is 35.9 Å². The van der Waals surface area contributed by atoms with Crippen LogP contribution in [-0.2, 0) is 27.9 Å². The molecule has 148 valence electrons. The lowest BCUT2D eigenvalue weighted by Gasteiger charge is -2.14. The smallest absolute Gasteiger partial charge is 0.326 e. The minimum Gasteiger partial charge on any atom is -0.481 e. The summed E-state index contributed by atoms with van der Waals surface area (Å²) < 4.78 is 1.59. The van der Waals surface area contributed by atoms with Crippen molar-refractivity contribution >= 4 is 23.6 Å². The highest BCUT2D eigenvalue weighted by atomic mass is 16.4. The minimum absolute atomic E-state index is 0.130. The van der Waals surface area contributed by atoms with Crippen LogP contribution >= 0.6 is 0 Å². The number of rotatable bonds is 9. The van der Waals surface area contributed by atoms with Gasteiger partial charge in [0.1, 0.15) is 6.04 Å². The van der Waals surface area contributed by atoms with E-state index in [0.717, 1.165) is 5.56 Å². The molecule has 3 N–H and O–H groups in total. The highest BCUT2D eigenvalue weighted by Crippen LogP contribution is 2.14. The molecule has 1 atom stereocenters. The number of hydrogen-bond donors (Lipinski definition) is 3. The Bertz CT molecular complexity index is 898. The van der Waals surface area contributed by atoms with Crippen LogP contribution in [0.3, 0.4) is 0 Å². The normalized spacial score (nSPS) is 11.6. The Hall–Kier alpha value is -3.42. The van der Waals surface area contributed by atoms with Gasteiger partial charge >= 0.3 is 11.9 Å². The second kappa shape index (κ2) is 8.98. The van der Waals surface area contributed by atoms with Crippen molar-refractivity contribution in [3.05, 3.63) is 58.9 Å². The lowest BCUT2D eigenvalue weighted by atomic mass is 10.1. The molecular weight excluding hydrogens is 364 g/mol. The van der Waals surface area contributed by atoms with E-state index in [-0.39, 0.29) is 25.0 Å². The van der Waals surface area contributed by atoms with Crippen LogP contribution < -0.4 is 5.32 Å². The summed E-state index contributed by atoms with van der Waals surface area (Å²) in [7, 11) is 1.66. The van der Waals surface area contributed by atoms with Crippen LogP contribution in [-0.4, -0.2) is 44.5 Å². The minimum atomic E-state index is -1.29. The summed E-state index contributed by atoms with van der Waals surface area (Å²) in [4.78, 5) is 46.6. The van der Waals surface area contributed by atoms with Crippen LogP contribution in [0.5, 0.6) is 0 Å². The lowest BCUT2D eigenvalue weighted by Crippen LogP contribution is -2.42. The highest BCUT2D eigenvalue weighted by Gasteiger charge is 2.22. The maximum absolute atomic E-state index is 12.6. The first-order valence-corrected chi connectivity index (χ1v) is 8.69. The number of carbonyl (C=O) groups is 4. The Labute approximate surface area is 161 Å². The number of benzene rings is 1. The molecule has 1 heterocycles. The Morgan fingerprint density at radius 2 is 1.68 bits per heavy atom. The monoisotopic (exact) mass is 386 g/mol. The number of aliphatic carboxylic acids is 2. The zero-order valence-electron chi connectivity index (χ0n) is 15.6. The van der Waals surface area contributed by atoms with Crippen molar-refractivity contribution in [2.24, 2.45) is 7.05 Å². The summed E-state index contributed by atoms with van der Waals surface area (Å²) in [5.74, 6) is -3.17. The number of aryl methyl sites for hydroxylation is 1. The molecule has 1 aromatic carbocycles. The van der Waals surface area contributed by atoms with Gasteiger partial charge in [0.2, 0.25) is 11.7 Å². The van der Waals surface area contributed by atoms with E-state index in [2.05, 4.69) is 5.32 Å². The molecule has 8 heteroatoms. The molecule has 8 nitrogen and oxygen atoms in total. The molecule has 0 saturated heterocycles. The molecule has 28 heavy (non-hydrogen) atoms. The SMILES string of the molecule is Cc1ccc(C(=O)c2ccc(CC(=O)N[C@@H](CCC(=O)O)C(=O)O)n2C)cc1. The molecule has 2 rings (SSSR count). The van der Waals surface area contributed by atoms with Crippen molar-refractivity contribution < 1.29 is 29.4 Å². The van der Waals surface area contributed by atoms with E-state index in [9.17, 15) is 19.2 Å². The van der Waals surface area contributed by atoms with Gasteiger partial charge in [-0.2, -0.15) is 0 Å². The van der Waals surface area contributed by atoms with E-state index < -0.39 is 23.9 Å². The first-order chi connectivity index (χ1) is 13.2. The Kier molecular flexibility index (Phi) is 6.70. The third kappa shape index (κ3) is 5.29. The van der Waals surface area contributed by atoms with Crippen molar-refractivity contribution in [2.75, 3.05) is 0 Å². The van der Waals surface area contributed by atoms with Gasteiger partial charge in [-0.05, 0) is 25.5 Å². The van der Waals surface area contributed by atoms with Gasteiger partial charge < -0.3 is 20.1 Å². The molecule has 2 aromatic rings. The fourth-order valence-electron chi connectivity index (χ4n) is 2.75. The molecule has 0 radical (unpaired) electrons. The Morgan fingerprint density at radius 3 is 2.25 bits per heavy atom. The molecule has 1 aromatic heterocycles. The van der Waals surface area contributed by atoms with Gasteiger partial charge in [0.05, 0.1) is 12.1 Å². The van der Waals surface area contributed by atoms with Crippen molar-refractivity contribution in [3.8, 4) is 0 Å². The molecule has 0 aliphatic carbocycles. The third-order valence-corrected chi connectivity index (χ3v) is 4.39. The van der Waals surface area contributed by atoms with E-state index in [4.69, 9.17) is 10.2 Å².